The van der Waals surface area contributed by atoms with Crippen molar-refractivity contribution in [1.29, 1.82) is 0 Å². The van der Waals surface area contributed by atoms with Crippen LogP contribution in [0.4, 0.5) is 0 Å². The van der Waals surface area contributed by atoms with Crippen LogP contribution in [0.2, 0.25) is 10.0 Å². The van der Waals surface area contributed by atoms with Gasteiger partial charge in [0.25, 0.3) is 0 Å². The predicted molar refractivity (Wildman–Crippen MR) is 73.4 cm³/mol. The SMILES string of the molecule is CC(C)CC(CN)C(O)c1cc(Cl)ccc1Cl. The largest absolute Gasteiger partial charge is 0.388 e. The minimum atomic E-state index is -0.659. The van der Waals surface area contributed by atoms with E-state index >= 15 is 0 Å². The number of nitrogens with two attached hydrogens (primary N) is 1. The third kappa shape index (κ3) is 4.14. The molecule has 0 bridgehead atoms. The minimum Gasteiger partial charge on any atom is -0.388 e. The molecular formula is C13H19Cl2NO. The summed E-state index contributed by atoms with van der Waals surface area (Å²) in [4.78, 5) is 0. The molecule has 0 heterocycles. The number of hydrogen-bond acceptors (Lipinski definition) is 2. The first-order valence-corrected chi connectivity index (χ1v) is 6.54. The Bertz CT molecular complexity index is 368. The van der Waals surface area contributed by atoms with Gasteiger partial charge < -0.3 is 10.8 Å². The molecule has 2 unspecified atom stereocenters. The highest BCUT2D eigenvalue weighted by Gasteiger charge is 2.22. The van der Waals surface area contributed by atoms with Crippen LogP contribution in [-0.4, -0.2) is 11.7 Å². The number of aliphatic hydroxyl groups is 1. The van der Waals surface area contributed by atoms with Crippen LogP contribution < -0.4 is 5.73 Å². The average Bonchev–Trinajstić information content (AvgIpc) is 2.28. The van der Waals surface area contributed by atoms with Crippen LogP contribution >= 0.6 is 23.2 Å². The summed E-state index contributed by atoms with van der Waals surface area (Å²) >= 11 is 12.0. The Kier molecular flexibility index (Phi) is 5.74. The fourth-order valence-electron chi connectivity index (χ4n) is 1.95. The third-order valence-corrected chi connectivity index (χ3v) is 3.38. The van der Waals surface area contributed by atoms with E-state index < -0.39 is 6.10 Å². The Hall–Kier alpha value is -0.280. The number of halogens is 2. The molecular weight excluding hydrogens is 257 g/mol. The molecule has 0 amide bonds. The molecule has 17 heavy (non-hydrogen) atoms. The monoisotopic (exact) mass is 275 g/mol. The molecule has 0 fully saturated rings. The number of aliphatic hydroxyl groups excluding tert-OH is 1. The smallest absolute Gasteiger partial charge is 0.0845 e. The Morgan fingerprint density at radius 3 is 2.47 bits per heavy atom. The first-order valence-electron chi connectivity index (χ1n) is 5.78. The minimum absolute atomic E-state index is 0.00552. The van der Waals surface area contributed by atoms with Gasteiger partial charge in [-0.25, -0.2) is 0 Å². The van der Waals surface area contributed by atoms with Gasteiger partial charge >= 0.3 is 0 Å². The van der Waals surface area contributed by atoms with Crippen molar-refractivity contribution in [3.8, 4) is 0 Å². The lowest BCUT2D eigenvalue weighted by atomic mass is 9.88. The van der Waals surface area contributed by atoms with Gasteiger partial charge in [-0.05, 0) is 37.1 Å². The molecule has 4 heteroatoms. The number of benzene rings is 1. The average molecular weight is 276 g/mol. The van der Waals surface area contributed by atoms with Crippen molar-refractivity contribution < 1.29 is 5.11 Å². The van der Waals surface area contributed by atoms with Gasteiger partial charge in [-0.15, -0.1) is 0 Å². The fourth-order valence-corrected chi connectivity index (χ4v) is 2.36. The molecule has 1 aromatic rings. The highest BCUT2D eigenvalue weighted by atomic mass is 35.5. The van der Waals surface area contributed by atoms with E-state index in [4.69, 9.17) is 28.9 Å². The summed E-state index contributed by atoms with van der Waals surface area (Å²) in [7, 11) is 0. The lowest BCUT2D eigenvalue weighted by molar-refractivity contribution is 0.0996. The van der Waals surface area contributed by atoms with Crippen LogP contribution in [0.15, 0.2) is 18.2 Å². The Morgan fingerprint density at radius 1 is 1.29 bits per heavy atom. The van der Waals surface area contributed by atoms with Crippen molar-refractivity contribution in [2.75, 3.05) is 6.54 Å². The van der Waals surface area contributed by atoms with Crippen molar-refractivity contribution >= 4 is 23.2 Å². The summed E-state index contributed by atoms with van der Waals surface area (Å²) in [6, 6.07) is 5.11. The molecule has 0 saturated heterocycles. The van der Waals surface area contributed by atoms with Crippen molar-refractivity contribution in [2.45, 2.75) is 26.4 Å². The molecule has 0 aromatic heterocycles. The van der Waals surface area contributed by atoms with Gasteiger partial charge in [-0.3, -0.25) is 0 Å². The first kappa shape index (κ1) is 14.8. The first-order chi connectivity index (χ1) is 7.95. The van der Waals surface area contributed by atoms with Gasteiger partial charge in [0.05, 0.1) is 6.10 Å². The molecule has 1 aromatic carbocycles. The summed E-state index contributed by atoms with van der Waals surface area (Å²) in [5, 5.41) is 11.4. The van der Waals surface area contributed by atoms with Crippen LogP contribution in [0.5, 0.6) is 0 Å². The van der Waals surface area contributed by atoms with E-state index in [1.807, 2.05) is 0 Å². The zero-order valence-corrected chi connectivity index (χ0v) is 11.7. The van der Waals surface area contributed by atoms with Gasteiger partial charge in [0.2, 0.25) is 0 Å². The standard InChI is InChI=1S/C13H19Cl2NO/c1-8(2)5-9(7-16)13(17)11-6-10(14)3-4-12(11)15/h3-4,6,8-9,13,17H,5,7,16H2,1-2H3. The topological polar surface area (TPSA) is 46.2 Å². The van der Waals surface area contributed by atoms with Gasteiger partial charge in [0.1, 0.15) is 0 Å². The Morgan fingerprint density at radius 2 is 1.94 bits per heavy atom. The van der Waals surface area contributed by atoms with E-state index in [1.54, 1.807) is 18.2 Å². The van der Waals surface area contributed by atoms with Gasteiger partial charge in [0.15, 0.2) is 0 Å². The Balaban J connectivity index is 2.92. The Labute approximate surface area is 113 Å². The summed E-state index contributed by atoms with van der Waals surface area (Å²) < 4.78 is 0. The second-order valence-corrected chi connectivity index (χ2v) is 5.58. The van der Waals surface area contributed by atoms with E-state index in [0.717, 1.165) is 6.42 Å². The number of rotatable bonds is 5. The van der Waals surface area contributed by atoms with Crippen molar-refractivity contribution in [2.24, 2.45) is 17.6 Å². The molecule has 0 aliphatic rings. The van der Waals surface area contributed by atoms with E-state index in [0.29, 0.717) is 28.1 Å². The molecule has 96 valence electrons. The molecule has 2 atom stereocenters. The fraction of sp³-hybridized carbons (Fsp3) is 0.538. The van der Waals surface area contributed by atoms with Crippen LogP contribution in [0.25, 0.3) is 0 Å². The zero-order chi connectivity index (χ0) is 13.0. The molecule has 0 spiro atoms. The quantitative estimate of drug-likeness (QED) is 0.862. The molecule has 0 saturated carbocycles. The second-order valence-electron chi connectivity index (χ2n) is 4.74. The molecule has 1 rings (SSSR count). The normalized spacial score (nSPS) is 15.0. The second kappa shape index (κ2) is 6.60. The molecule has 0 aliphatic carbocycles. The highest BCUT2D eigenvalue weighted by Crippen LogP contribution is 2.33. The van der Waals surface area contributed by atoms with Gasteiger partial charge in [-0.2, -0.15) is 0 Å². The predicted octanol–water partition coefficient (Wildman–Crippen LogP) is 3.65. The van der Waals surface area contributed by atoms with E-state index in [9.17, 15) is 5.11 Å². The van der Waals surface area contributed by atoms with Crippen LogP contribution in [0.1, 0.15) is 31.9 Å². The van der Waals surface area contributed by atoms with E-state index in [2.05, 4.69) is 13.8 Å². The van der Waals surface area contributed by atoms with Crippen LogP contribution in [0.3, 0.4) is 0 Å². The zero-order valence-electron chi connectivity index (χ0n) is 10.2. The number of hydrogen-bond donors (Lipinski definition) is 2. The van der Waals surface area contributed by atoms with Crippen LogP contribution in [-0.2, 0) is 0 Å². The lowest BCUT2D eigenvalue weighted by Crippen LogP contribution is -2.23. The summed E-state index contributed by atoms with van der Waals surface area (Å²) in [6.07, 6.45) is 0.203. The van der Waals surface area contributed by atoms with Crippen molar-refractivity contribution in [3.63, 3.8) is 0 Å². The van der Waals surface area contributed by atoms with Gasteiger partial charge in [-0.1, -0.05) is 37.0 Å². The van der Waals surface area contributed by atoms with E-state index in [-0.39, 0.29) is 5.92 Å². The highest BCUT2D eigenvalue weighted by molar-refractivity contribution is 6.33. The van der Waals surface area contributed by atoms with Crippen LogP contribution in [0, 0.1) is 11.8 Å². The maximum atomic E-state index is 10.3. The molecule has 3 N–H and O–H groups in total. The van der Waals surface area contributed by atoms with E-state index in [1.165, 1.54) is 0 Å². The molecule has 0 radical (unpaired) electrons. The lowest BCUT2D eigenvalue weighted by Gasteiger charge is -2.24. The third-order valence-electron chi connectivity index (χ3n) is 2.80. The molecule has 0 aliphatic heterocycles. The maximum absolute atomic E-state index is 10.3. The van der Waals surface area contributed by atoms with Crippen molar-refractivity contribution in [3.05, 3.63) is 33.8 Å². The van der Waals surface area contributed by atoms with Crippen molar-refractivity contribution in [1.82, 2.24) is 0 Å². The molecule has 2 nitrogen and oxygen atoms in total. The summed E-state index contributed by atoms with van der Waals surface area (Å²) in [6.45, 7) is 4.64. The van der Waals surface area contributed by atoms with Gasteiger partial charge in [0, 0.05) is 21.5 Å². The summed E-state index contributed by atoms with van der Waals surface area (Å²) in [5.41, 5.74) is 6.37. The maximum Gasteiger partial charge on any atom is 0.0845 e. The summed E-state index contributed by atoms with van der Waals surface area (Å²) in [5.74, 6) is 0.488.